The Morgan fingerprint density at radius 2 is 0.829 bits per heavy atom. The third-order valence-corrected chi connectivity index (χ3v) is 14.6. The maximum absolute atomic E-state index is 13.5. The van der Waals surface area contributed by atoms with Crippen LogP contribution in [0.3, 0.4) is 0 Å². The molecule has 3 atom stereocenters. The molecular weight excluding hydrogens is 892 g/mol. The highest BCUT2D eigenvalue weighted by Gasteiger charge is 2.27. The highest BCUT2D eigenvalue weighted by molar-refractivity contribution is 7.45. The lowest BCUT2D eigenvalue weighted by Crippen LogP contribution is -2.47. The Balaban J connectivity index is 5.31. The van der Waals surface area contributed by atoms with E-state index in [9.17, 15) is 19.0 Å². The molecule has 0 bridgehead atoms. The molecule has 3 unspecified atom stereocenters. The summed E-state index contributed by atoms with van der Waals surface area (Å²) in [5, 5.41) is 3.03. The molecule has 0 aliphatic carbocycles. The van der Waals surface area contributed by atoms with Gasteiger partial charge in [0.25, 0.3) is 7.82 Å². The van der Waals surface area contributed by atoms with Gasteiger partial charge in [0.2, 0.25) is 5.91 Å². The molecule has 9 nitrogen and oxygen atoms in total. The van der Waals surface area contributed by atoms with Crippen LogP contribution in [0.2, 0.25) is 0 Å². The summed E-state index contributed by atoms with van der Waals surface area (Å²) < 4.78 is 30.3. The van der Waals surface area contributed by atoms with Crippen LogP contribution in [0.1, 0.15) is 297 Å². The largest absolute Gasteiger partial charge is 0.756 e. The number of allylic oxidation sites excluding steroid dienone is 3. The van der Waals surface area contributed by atoms with Gasteiger partial charge in [0, 0.05) is 12.8 Å². The van der Waals surface area contributed by atoms with E-state index < -0.39 is 20.0 Å². The van der Waals surface area contributed by atoms with E-state index in [0.29, 0.717) is 17.4 Å². The number of nitrogens with zero attached hydrogens (tertiary/aromatic N) is 1. The van der Waals surface area contributed by atoms with Gasteiger partial charge in [0.15, 0.2) is 0 Å². The van der Waals surface area contributed by atoms with E-state index in [4.69, 9.17) is 13.8 Å². The third-order valence-electron chi connectivity index (χ3n) is 13.6. The number of quaternary nitrogens is 1. The number of carbonyl (C=O) groups is 2. The average Bonchev–Trinajstić information content (AvgIpc) is 3.32. The third kappa shape index (κ3) is 51.4. The Kier molecular flexibility index (Phi) is 49.9. The number of phosphoric ester groups is 1. The van der Waals surface area contributed by atoms with Crippen molar-refractivity contribution in [3.63, 3.8) is 0 Å². The molecule has 0 radical (unpaired) electrons. The van der Waals surface area contributed by atoms with E-state index >= 15 is 0 Å². The second-order valence-corrected chi connectivity index (χ2v) is 23.3. The lowest BCUT2D eigenvalue weighted by atomic mass is 10.0. The number of unbranched alkanes of at least 4 members (excludes halogenated alkanes) is 37. The normalized spacial score (nSPS) is 13.9. The first-order valence-corrected chi connectivity index (χ1v) is 31.6. The zero-order valence-electron chi connectivity index (χ0n) is 47.2. The van der Waals surface area contributed by atoms with E-state index in [1.54, 1.807) is 0 Å². The fourth-order valence-electron chi connectivity index (χ4n) is 8.93. The van der Waals surface area contributed by atoms with E-state index in [1.165, 1.54) is 193 Å². The molecule has 0 aromatic carbocycles. The number of amides is 1. The first-order valence-electron chi connectivity index (χ1n) is 30.1. The summed E-state index contributed by atoms with van der Waals surface area (Å²) in [6, 6.07) is -0.884. The molecule has 0 spiro atoms. The highest BCUT2D eigenvalue weighted by atomic mass is 31.2. The van der Waals surface area contributed by atoms with Crippen LogP contribution in [0, 0.1) is 0 Å². The smallest absolute Gasteiger partial charge is 0.306 e. The molecule has 0 aliphatic rings. The van der Waals surface area contributed by atoms with Gasteiger partial charge in [0.1, 0.15) is 19.3 Å². The van der Waals surface area contributed by atoms with Crippen molar-refractivity contribution >= 4 is 19.7 Å². The van der Waals surface area contributed by atoms with E-state index in [-0.39, 0.29) is 31.5 Å². The summed E-state index contributed by atoms with van der Waals surface area (Å²) >= 11 is 0. The Labute approximate surface area is 434 Å². The van der Waals surface area contributed by atoms with Gasteiger partial charge in [-0.05, 0) is 57.4 Å². The van der Waals surface area contributed by atoms with Crippen LogP contribution >= 0.6 is 7.82 Å². The van der Waals surface area contributed by atoms with Gasteiger partial charge in [-0.2, -0.15) is 0 Å². The minimum Gasteiger partial charge on any atom is -0.756 e. The first kappa shape index (κ1) is 68.5. The van der Waals surface area contributed by atoms with Crippen LogP contribution in [0.15, 0.2) is 24.3 Å². The maximum Gasteiger partial charge on any atom is 0.306 e. The Morgan fingerprint density at radius 3 is 1.21 bits per heavy atom. The Morgan fingerprint density at radius 1 is 0.486 bits per heavy atom. The van der Waals surface area contributed by atoms with E-state index in [2.05, 4.69) is 38.2 Å². The SMILES string of the molecule is CCCCCCCC/C=C/CCCCCCCCCC(=O)NC(COP(=O)([O-])OCC[N+](C)(C)C)C(/C=C/CCCCCCCCCCCCC)OC(=O)CCCCCCCCCCCCCCCC. The topological polar surface area (TPSA) is 114 Å². The number of phosphoric acid groups is 1. The fourth-order valence-corrected chi connectivity index (χ4v) is 9.65. The molecule has 1 amide bonds. The van der Waals surface area contributed by atoms with Gasteiger partial charge < -0.3 is 28.5 Å². The van der Waals surface area contributed by atoms with Crippen molar-refractivity contribution in [1.29, 1.82) is 0 Å². The van der Waals surface area contributed by atoms with Crippen molar-refractivity contribution in [1.82, 2.24) is 5.32 Å². The van der Waals surface area contributed by atoms with Crippen molar-refractivity contribution in [3.8, 4) is 0 Å². The average molecular weight is 1010 g/mol. The molecular formula is C60H117N2O7P. The maximum atomic E-state index is 13.5. The molecule has 0 aromatic rings. The second-order valence-electron chi connectivity index (χ2n) is 21.9. The van der Waals surface area contributed by atoms with Crippen LogP contribution in [-0.2, 0) is 27.9 Å². The molecule has 0 saturated heterocycles. The van der Waals surface area contributed by atoms with Gasteiger partial charge >= 0.3 is 5.97 Å². The highest BCUT2D eigenvalue weighted by Crippen LogP contribution is 2.38. The number of likely N-dealkylation sites (N-methyl/N-ethyl adjacent to an activating group) is 1. The molecule has 0 saturated carbocycles. The van der Waals surface area contributed by atoms with E-state index in [1.807, 2.05) is 33.3 Å². The molecule has 10 heteroatoms. The number of nitrogens with one attached hydrogen (secondary N) is 1. The van der Waals surface area contributed by atoms with Crippen LogP contribution in [0.4, 0.5) is 0 Å². The first-order chi connectivity index (χ1) is 33.9. The number of hydrogen-bond acceptors (Lipinski definition) is 7. The van der Waals surface area contributed by atoms with Crippen molar-refractivity contribution in [2.24, 2.45) is 0 Å². The molecule has 70 heavy (non-hydrogen) atoms. The van der Waals surface area contributed by atoms with Crippen molar-refractivity contribution in [2.75, 3.05) is 40.9 Å². The second kappa shape index (κ2) is 51.0. The van der Waals surface area contributed by atoms with Gasteiger partial charge in [-0.25, -0.2) is 0 Å². The van der Waals surface area contributed by atoms with Crippen molar-refractivity contribution in [2.45, 2.75) is 309 Å². The number of ether oxygens (including phenoxy) is 1. The molecule has 414 valence electrons. The molecule has 1 N–H and O–H groups in total. The quantitative estimate of drug-likeness (QED) is 0.0212. The van der Waals surface area contributed by atoms with Crippen LogP contribution < -0.4 is 10.2 Å². The monoisotopic (exact) mass is 1010 g/mol. The fraction of sp³-hybridized carbons (Fsp3) is 0.900. The minimum absolute atomic E-state index is 0.0197. The van der Waals surface area contributed by atoms with E-state index in [0.717, 1.165) is 70.6 Å². The molecule has 0 rings (SSSR count). The molecule has 0 fully saturated rings. The summed E-state index contributed by atoms with van der Waals surface area (Å²) in [6.07, 6.45) is 58.4. The number of esters is 1. The minimum atomic E-state index is -4.69. The number of carbonyl (C=O) groups excluding carboxylic acids is 2. The zero-order valence-corrected chi connectivity index (χ0v) is 48.1. The van der Waals surface area contributed by atoms with Gasteiger partial charge in [-0.1, -0.05) is 251 Å². The van der Waals surface area contributed by atoms with Gasteiger partial charge in [0.05, 0.1) is 33.8 Å². The Hall–Kier alpha value is -1.51. The van der Waals surface area contributed by atoms with Gasteiger partial charge in [-0.15, -0.1) is 0 Å². The lowest BCUT2D eigenvalue weighted by Gasteiger charge is -2.30. The summed E-state index contributed by atoms with van der Waals surface area (Å²) in [5.74, 6) is -0.531. The standard InChI is InChI=1S/C60H117N2O7P/c1-7-10-13-16-19-22-25-28-30-31-32-34-37-40-43-46-49-52-59(63)61-57(56-68-70(65,66)67-55-54-62(4,5)6)58(51-48-45-42-39-36-33-27-24-21-18-15-12-9-3)69-60(64)53-50-47-44-41-38-35-29-26-23-20-17-14-11-8-2/h28,30,48,51,57-58H,7-27,29,31-47,49-50,52-56H2,1-6H3,(H-,61,63,65,66)/b30-28+,51-48+. The number of hydrogen-bond donors (Lipinski definition) is 1. The van der Waals surface area contributed by atoms with Crippen LogP contribution in [0.5, 0.6) is 0 Å². The number of rotatable bonds is 55. The zero-order chi connectivity index (χ0) is 51.5. The molecule has 0 aromatic heterocycles. The summed E-state index contributed by atoms with van der Waals surface area (Å²) in [6.45, 7) is 6.87. The van der Waals surface area contributed by atoms with Crippen LogP contribution in [0.25, 0.3) is 0 Å². The van der Waals surface area contributed by atoms with Crippen molar-refractivity contribution in [3.05, 3.63) is 24.3 Å². The predicted molar refractivity (Wildman–Crippen MR) is 298 cm³/mol. The molecule has 0 heterocycles. The Bertz CT molecular complexity index is 1250. The lowest BCUT2D eigenvalue weighted by molar-refractivity contribution is -0.870. The van der Waals surface area contributed by atoms with Crippen LogP contribution in [-0.4, -0.2) is 69.4 Å². The van der Waals surface area contributed by atoms with Gasteiger partial charge in [-0.3, -0.25) is 14.2 Å². The summed E-state index contributed by atoms with van der Waals surface area (Å²) in [7, 11) is 1.20. The summed E-state index contributed by atoms with van der Waals surface area (Å²) in [4.78, 5) is 39.9. The summed E-state index contributed by atoms with van der Waals surface area (Å²) in [5.41, 5.74) is 0. The van der Waals surface area contributed by atoms with Crippen molar-refractivity contribution < 1.29 is 37.3 Å². The molecule has 0 aliphatic heterocycles. The predicted octanol–water partition coefficient (Wildman–Crippen LogP) is 17.5.